The van der Waals surface area contributed by atoms with Crippen molar-refractivity contribution in [2.24, 2.45) is 0 Å². The summed E-state index contributed by atoms with van der Waals surface area (Å²) in [7, 11) is -8.45. The average Bonchev–Trinajstić information content (AvgIpc) is 2.50. The van der Waals surface area contributed by atoms with E-state index >= 15 is 0 Å². The fourth-order valence-corrected chi connectivity index (χ4v) is 4.62. The van der Waals surface area contributed by atoms with Crippen LogP contribution in [0.1, 0.15) is 0 Å². The first-order valence-electron chi connectivity index (χ1n) is 6.46. The first-order valence-corrected chi connectivity index (χ1v) is 9.28. The smallest absolute Gasteiger partial charge is 0.744 e. The van der Waals surface area contributed by atoms with Gasteiger partial charge in [-0.25, -0.2) is 8.42 Å². The predicted octanol–water partition coefficient (Wildman–Crippen LogP) is 2.23. The summed E-state index contributed by atoms with van der Waals surface area (Å²) in [6, 6.07) is 12.9. The Morgan fingerprint density at radius 2 is 1.46 bits per heavy atom. The molecule has 0 saturated heterocycles. The summed E-state index contributed by atoms with van der Waals surface area (Å²) in [5.74, 6) is 0. The molecule has 3 aromatic rings. The summed E-state index contributed by atoms with van der Waals surface area (Å²) >= 11 is 0. The van der Waals surface area contributed by atoms with Crippen LogP contribution in [0.5, 0.6) is 0 Å². The van der Waals surface area contributed by atoms with Gasteiger partial charge in [0.15, 0.2) is 0 Å². The minimum Gasteiger partial charge on any atom is -0.744 e. The van der Waals surface area contributed by atoms with E-state index in [1.807, 2.05) is 12.1 Å². The standard InChI is InChI=1S/C15H12O6S2.Fr/c1-21-23(19,20)15-13-9-11-5-3-2-4-10(11)8-12(13)6-7-14(15)22(16,17)18;/h2-9H,1H3,(H,16,17,18);/q;+1/p-1. The molecule has 0 aliphatic carbocycles. The van der Waals surface area contributed by atoms with Crippen LogP contribution in [0.25, 0.3) is 21.5 Å². The van der Waals surface area contributed by atoms with Crippen molar-refractivity contribution in [1.82, 2.24) is 0 Å². The van der Waals surface area contributed by atoms with Crippen molar-refractivity contribution >= 4 is 41.8 Å². The minimum atomic E-state index is -4.98. The van der Waals surface area contributed by atoms with E-state index in [1.165, 1.54) is 12.1 Å². The summed E-state index contributed by atoms with van der Waals surface area (Å²) in [5, 5.41) is 2.20. The van der Waals surface area contributed by atoms with E-state index in [1.54, 1.807) is 18.2 Å². The second-order valence-electron chi connectivity index (χ2n) is 4.89. The molecule has 0 aliphatic rings. The molecule has 0 amide bonds. The molecule has 3 rings (SSSR count). The van der Waals surface area contributed by atoms with Crippen molar-refractivity contribution in [2.75, 3.05) is 7.11 Å². The van der Waals surface area contributed by atoms with Crippen LogP contribution in [0, 0.1) is 49.9 Å². The second-order valence-corrected chi connectivity index (χ2v) is 7.89. The zero-order chi connectivity index (χ0) is 16.8. The predicted molar refractivity (Wildman–Crippen MR) is 83.6 cm³/mol. The van der Waals surface area contributed by atoms with Crippen LogP contribution in [0.4, 0.5) is 0 Å². The summed E-state index contributed by atoms with van der Waals surface area (Å²) in [6.07, 6.45) is 0. The first-order chi connectivity index (χ1) is 10.7. The fraction of sp³-hybridized carbons (Fsp3) is 0.0667. The number of hydrogen-bond acceptors (Lipinski definition) is 6. The maximum Gasteiger partial charge on any atom is 1.00 e. The quantitative estimate of drug-likeness (QED) is 0.270. The summed E-state index contributed by atoms with van der Waals surface area (Å²) in [4.78, 5) is -1.44. The van der Waals surface area contributed by atoms with Crippen LogP contribution < -0.4 is 0 Å². The van der Waals surface area contributed by atoms with Gasteiger partial charge in [0.1, 0.15) is 15.0 Å². The number of benzene rings is 3. The van der Waals surface area contributed by atoms with Crippen molar-refractivity contribution in [3.05, 3.63) is 48.5 Å². The molecule has 0 heterocycles. The van der Waals surface area contributed by atoms with Crippen LogP contribution in [0.2, 0.25) is 0 Å². The van der Waals surface area contributed by atoms with Crippen molar-refractivity contribution in [1.29, 1.82) is 0 Å². The zero-order valence-corrected chi connectivity index (χ0v) is 22.7. The maximum atomic E-state index is 12.2. The minimum absolute atomic E-state index is 0. The Labute approximate surface area is 180 Å². The van der Waals surface area contributed by atoms with E-state index in [4.69, 9.17) is 0 Å². The summed E-state index contributed by atoms with van der Waals surface area (Å²) < 4.78 is 63.2. The van der Waals surface area contributed by atoms with E-state index in [-0.39, 0.29) is 55.3 Å². The van der Waals surface area contributed by atoms with Crippen molar-refractivity contribution in [3.8, 4) is 0 Å². The van der Waals surface area contributed by atoms with Gasteiger partial charge in [0, 0.05) is 5.39 Å². The van der Waals surface area contributed by atoms with E-state index < -0.39 is 30.0 Å². The third-order valence-corrected chi connectivity index (χ3v) is 5.93. The van der Waals surface area contributed by atoms with Gasteiger partial charge in [-0.2, -0.15) is 8.42 Å². The molecule has 0 radical (unpaired) electrons. The Kier molecular flexibility index (Phi) is 5.87. The molecule has 9 heteroatoms. The molecule has 0 spiro atoms. The molecule has 0 aromatic heterocycles. The van der Waals surface area contributed by atoms with Gasteiger partial charge in [-0.3, -0.25) is 4.18 Å². The SMILES string of the molecule is COS(=O)(=O)c1c(S(=O)(=O)[O-])ccc2cc3ccccc3cc12.[Fr+]. The van der Waals surface area contributed by atoms with Gasteiger partial charge in [-0.1, -0.05) is 30.3 Å². The molecule has 6 nitrogen and oxygen atoms in total. The van der Waals surface area contributed by atoms with Crippen molar-refractivity contribution < 1.29 is 75.4 Å². The van der Waals surface area contributed by atoms with Gasteiger partial charge in [0.2, 0.25) is 0 Å². The molecule has 0 aliphatic heterocycles. The topological polar surface area (TPSA) is 101 Å². The molecule has 0 N–H and O–H groups in total. The number of hydrogen-bond donors (Lipinski definition) is 0. The Balaban J connectivity index is 0.00000208. The molecule has 0 saturated carbocycles. The van der Waals surface area contributed by atoms with Crippen LogP contribution >= 0.6 is 0 Å². The van der Waals surface area contributed by atoms with E-state index in [0.717, 1.165) is 18.6 Å². The van der Waals surface area contributed by atoms with Gasteiger partial charge < -0.3 is 4.55 Å². The van der Waals surface area contributed by atoms with Crippen molar-refractivity contribution in [3.63, 3.8) is 0 Å². The van der Waals surface area contributed by atoms with Gasteiger partial charge in [-0.05, 0) is 34.4 Å². The molecule has 0 atom stereocenters. The van der Waals surface area contributed by atoms with Crippen LogP contribution in [0.3, 0.4) is 0 Å². The number of fused-ring (bicyclic) bond motifs is 2. The number of rotatable bonds is 3. The van der Waals surface area contributed by atoms with E-state index in [9.17, 15) is 21.4 Å². The summed E-state index contributed by atoms with van der Waals surface area (Å²) in [6.45, 7) is 0. The van der Waals surface area contributed by atoms with E-state index in [0.29, 0.717) is 10.8 Å². The van der Waals surface area contributed by atoms with Gasteiger partial charge in [0.05, 0.1) is 12.0 Å². The monoisotopic (exact) mass is 574 g/mol. The van der Waals surface area contributed by atoms with Gasteiger partial charge >= 0.3 is 49.9 Å². The molecular formula is C15H11FrO6S2. The summed E-state index contributed by atoms with van der Waals surface area (Å²) in [5.41, 5.74) is 0. The Hall–Kier alpha value is -0.403. The van der Waals surface area contributed by atoms with Gasteiger partial charge in [-0.15, -0.1) is 0 Å². The average molecular weight is 574 g/mol. The zero-order valence-electron chi connectivity index (χ0n) is 12.9. The molecule has 3 aromatic carbocycles. The van der Waals surface area contributed by atoms with Crippen LogP contribution in [-0.4, -0.2) is 28.5 Å². The molecule has 24 heavy (non-hydrogen) atoms. The Bertz CT molecular complexity index is 1140. The third kappa shape index (κ3) is 3.58. The van der Waals surface area contributed by atoms with Gasteiger partial charge in [0.25, 0.3) is 10.1 Å². The normalized spacial score (nSPS) is 12.2. The Morgan fingerprint density at radius 3 is 2.00 bits per heavy atom. The molecule has 0 bridgehead atoms. The Morgan fingerprint density at radius 1 is 0.875 bits per heavy atom. The molecule has 120 valence electrons. The molecule has 0 unspecified atom stereocenters. The van der Waals surface area contributed by atoms with Crippen LogP contribution in [0.15, 0.2) is 58.3 Å². The van der Waals surface area contributed by atoms with E-state index in [2.05, 4.69) is 4.18 Å². The second kappa shape index (κ2) is 7.08. The maximum absolute atomic E-state index is 12.2. The largest absolute Gasteiger partial charge is 1.00 e. The molecule has 0 fully saturated rings. The fourth-order valence-electron chi connectivity index (χ4n) is 2.50. The van der Waals surface area contributed by atoms with Crippen LogP contribution in [-0.2, 0) is 24.4 Å². The third-order valence-electron chi connectivity index (χ3n) is 3.54. The van der Waals surface area contributed by atoms with Crippen molar-refractivity contribution in [2.45, 2.75) is 9.79 Å². The first kappa shape index (κ1) is 19.9. The molecular weight excluding hydrogens is 563 g/mol.